The van der Waals surface area contributed by atoms with E-state index in [9.17, 15) is 0 Å². The second-order valence-corrected chi connectivity index (χ2v) is 4.72. The number of hydrogen-bond acceptors (Lipinski definition) is 1. The fourth-order valence-corrected chi connectivity index (χ4v) is 2.12. The highest BCUT2D eigenvalue weighted by Crippen LogP contribution is 2.22. The zero-order chi connectivity index (χ0) is 12.8. The Hall–Kier alpha value is -1.31. The number of nitrogens with zero attached hydrogens (tertiary/aromatic N) is 1. The van der Waals surface area contributed by atoms with Crippen molar-refractivity contribution in [3.8, 4) is 0 Å². The summed E-state index contributed by atoms with van der Waals surface area (Å²) in [5.74, 6) is 0. The van der Waals surface area contributed by atoms with Gasteiger partial charge in [0, 0.05) is 18.3 Å². The number of benzene rings is 2. The summed E-state index contributed by atoms with van der Waals surface area (Å²) in [5.41, 5.74) is 2.06. The van der Waals surface area contributed by atoms with E-state index in [1.165, 1.54) is 5.56 Å². The van der Waals surface area contributed by atoms with Crippen molar-refractivity contribution in [2.24, 2.45) is 4.99 Å². The van der Waals surface area contributed by atoms with Crippen LogP contribution in [0.4, 0.5) is 0 Å². The molecule has 0 aliphatic rings. The van der Waals surface area contributed by atoms with Crippen LogP contribution in [0.3, 0.4) is 0 Å². The summed E-state index contributed by atoms with van der Waals surface area (Å²) in [7, 11) is 0. The lowest BCUT2D eigenvalue weighted by Crippen LogP contribution is -1.91. The highest BCUT2D eigenvalue weighted by Gasteiger charge is 2.01. The Bertz CT molecular complexity index is 515. The van der Waals surface area contributed by atoms with E-state index in [1.54, 1.807) is 6.21 Å². The molecule has 2 aromatic carbocycles. The third kappa shape index (κ3) is 3.59. The van der Waals surface area contributed by atoms with E-state index >= 15 is 0 Å². The van der Waals surface area contributed by atoms with Crippen LogP contribution in [0, 0.1) is 0 Å². The molecule has 0 amide bonds. The molecule has 0 heterocycles. The Morgan fingerprint density at radius 2 is 1.56 bits per heavy atom. The van der Waals surface area contributed by atoms with Crippen LogP contribution in [0.5, 0.6) is 0 Å². The molecule has 0 aliphatic heterocycles. The molecule has 1 nitrogen and oxygen atoms in total. The van der Waals surface area contributed by atoms with Crippen molar-refractivity contribution in [2.45, 2.75) is 6.42 Å². The van der Waals surface area contributed by atoms with Crippen LogP contribution in [0.2, 0.25) is 10.0 Å². The zero-order valence-electron chi connectivity index (χ0n) is 9.81. The van der Waals surface area contributed by atoms with Crippen molar-refractivity contribution in [1.29, 1.82) is 0 Å². The summed E-state index contributed by atoms with van der Waals surface area (Å²) in [6, 6.07) is 15.7. The maximum Gasteiger partial charge on any atom is 0.0508 e. The summed E-state index contributed by atoms with van der Waals surface area (Å²) in [4.78, 5) is 4.36. The SMILES string of the molecule is Clc1cccc(Cl)c1/C=N/CCc1ccccc1. The summed E-state index contributed by atoms with van der Waals surface area (Å²) in [6.45, 7) is 0.728. The summed E-state index contributed by atoms with van der Waals surface area (Å²) in [6.07, 6.45) is 2.66. The number of halogens is 2. The van der Waals surface area contributed by atoms with Gasteiger partial charge < -0.3 is 0 Å². The predicted octanol–water partition coefficient (Wildman–Crippen LogP) is 4.66. The van der Waals surface area contributed by atoms with E-state index in [-0.39, 0.29) is 0 Å². The lowest BCUT2D eigenvalue weighted by atomic mass is 10.1. The molecule has 0 fully saturated rings. The Morgan fingerprint density at radius 1 is 0.889 bits per heavy atom. The van der Waals surface area contributed by atoms with Crippen LogP contribution in [0.1, 0.15) is 11.1 Å². The molecule has 2 aromatic rings. The van der Waals surface area contributed by atoms with E-state index < -0.39 is 0 Å². The van der Waals surface area contributed by atoms with Gasteiger partial charge in [-0.2, -0.15) is 0 Å². The van der Waals surface area contributed by atoms with Crippen molar-refractivity contribution in [2.75, 3.05) is 6.54 Å². The second-order valence-electron chi connectivity index (χ2n) is 3.91. The Labute approximate surface area is 117 Å². The minimum atomic E-state index is 0.631. The molecule has 0 unspecified atom stereocenters. The van der Waals surface area contributed by atoms with Gasteiger partial charge in [-0.15, -0.1) is 0 Å². The molecule has 0 aromatic heterocycles. The van der Waals surface area contributed by atoms with Gasteiger partial charge in [0.05, 0.1) is 10.0 Å². The lowest BCUT2D eigenvalue weighted by molar-refractivity contribution is 0.973. The van der Waals surface area contributed by atoms with Gasteiger partial charge in [-0.05, 0) is 24.1 Å². The monoisotopic (exact) mass is 277 g/mol. The quantitative estimate of drug-likeness (QED) is 0.721. The molecule has 2 rings (SSSR count). The average molecular weight is 278 g/mol. The first-order valence-corrected chi connectivity index (χ1v) is 6.51. The van der Waals surface area contributed by atoms with Crippen LogP contribution < -0.4 is 0 Å². The van der Waals surface area contributed by atoms with Crippen LogP contribution in [0.25, 0.3) is 0 Å². The van der Waals surface area contributed by atoms with Gasteiger partial charge in [0.25, 0.3) is 0 Å². The molecule has 0 atom stereocenters. The van der Waals surface area contributed by atoms with E-state index in [4.69, 9.17) is 23.2 Å². The maximum atomic E-state index is 6.05. The molecule has 0 radical (unpaired) electrons. The van der Waals surface area contributed by atoms with Crippen molar-refractivity contribution in [1.82, 2.24) is 0 Å². The molecule has 0 saturated heterocycles. The molecule has 92 valence electrons. The first-order valence-electron chi connectivity index (χ1n) is 5.75. The first-order chi connectivity index (χ1) is 8.77. The van der Waals surface area contributed by atoms with Gasteiger partial charge in [-0.25, -0.2) is 0 Å². The maximum absolute atomic E-state index is 6.05. The smallest absolute Gasteiger partial charge is 0.0508 e. The molecule has 0 saturated carbocycles. The van der Waals surface area contributed by atoms with Crippen molar-refractivity contribution < 1.29 is 0 Å². The van der Waals surface area contributed by atoms with Crippen molar-refractivity contribution in [3.63, 3.8) is 0 Å². The minimum absolute atomic E-state index is 0.631. The standard InChI is InChI=1S/C15H13Cl2N/c16-14-7-4-8-15(17)13(14)11-18-10-9-12-5-2-1-3-6-12/h1-8,11H,9-10H2/b18-11+. The topological polar surface area (TPSA) is 12.4 Å². The summed E-state index contributed by atoms with van der Waals surface area (Å²) in [5, 5.41) is 1.26. The number of aliphatic imine (C=N–C) groups is 1. The molecular weight excluding hydrogens is 265 g/mol. The molecule has 0 aliphatic carbocycles. The van der Waals surface area contributed by atoms with Gasteiger partial charge in [0.1, 0.15) is 0 Å². The van der Waals surface area contributed by atoms with Gasteiger partial charge in [0.2, 0.25) is 0 Å². The van der Waals surface area contributed by atoms with Crippen LogP contribution in [0.15, 0.2) is 53.5 Å². The highest BCUT2D eigenvalue weighted by atomic mass is 35.5. The third-order valence-electron chi connectivity index (χ3n) is 2.59. The van der Waals surface area contributed by atoms with Crippen LogP contribution >= 0.6 is 23.2 Å². The van der Waals surface area contributed by atoms with E-state index in [2.05, 4.69) is 17.1 Å². The minimum Gasteiger partial charge on any atom is -0.292 e. The van der Waals surface area contributed by atoms with E-state index in [0.717, 1.165) is 18.5 Å². The Morgan fingerprint density at radius 3 is 2.22 bits per heavy atom. The molecule has 3 heteroatoms. The van der Waals surface area contributed by atoms with Gasteiger partial charge in [-0.3, -0.25) is 4.99 Å². The van der Waals surface area contributed by atoms with Gasteiger partial charge in [-0.1, -0.05) is 59.6 Å². The average Bonchev–Trinajstić information content (AvgIpc) is 2.38. The summed E-state index contributed by atoms with van der Waals surface area (Å²) < 4.78 is 0. The molecule has 18 heavy (non-hydrogen) atoms. The Kier molecular flexibility index (Phi) is 4.80. The Balaban J connectivity index is 1.96. The predicted molar refractivity (Wildman–Crippen MR) is 79.1 cm³/mol. The van der Waals surface area contributed by atoms with Gasteiger partial charge in [0.15, 0.2) is 0 Å². The van der Waals surface area contributed by atoms with Crippen LogP contribution in [-0.4, -0.2) is 12.8 Å². The lowest BCUT2D eigenvalue weighted by Gasteiger charge is -2.00. The molecule has 0 N–H and O–H groups in total. The van der Waals surface area contributed by atoms with Crippen molar-refractivity contribution >= 4 is 29.4 Å². The second kappa shape index (κ2) is 6.58. The fourth-order valence-electron chi connectivity index (χ4n) is 1.63. The highest BCUT2D eigenvalue weighted by molar-refractivity contribution is 6.38. The van der Waals surface area contributed by atoms with E-state index in [0.29, 0.717) is 10.0 Å². The third-order valence-corrected chi connectivity index (χ3v) is 3.25. The van der Waals surface area contributed by atoms with Gasteiger partial charge >= 0.3 is 0 Å². The normalized spacial score (nSPS) is 11.0. The van der Waals surface area contributed by atoms with E-state index in [1.807, 2.05) is 36.4 Å². The van der Waals surface area contributed by atoms with Crippen LogP contribution in [-0.2, 0) is 6.42 Å². The molecule has 0 spiro atoms. The summed E-state index contributed by atoms with van der Waals surface area (Å²) >= 11 is 12.1. The fraction of sp³-hybridized carbons (Fsp3) is 0.133. The number of rotatable bonds is 4. The molecule has 0 bridgehead atoms. The first kappa shape index (κ1) is 13.1. The van der Waals surface area contributed by atoms with Crippen molar-refractivity contribution in [3.05, 3.63) is 69.7 Å². The molecular formula is C15H13Cl2N. The zero-order valence-corrected chi connectivity index (χ0v) is 11.3. The number of hydrogen-bond donors (Lipinski definition) is 0. The largest absolute Gasteiger partial charge is 0.292 e.